The number of sulfonamides is 1. The number of hydrogen-bond acceptors (Lipinski definition) is 6. The number of para-hydroxylation sites is 1. The van der Waals surface area contributed by atoms with Gasteiger partial charge in [-0.2, -0.15) is 0 Å². The van der Waals surface area contributed by atoms with E-state index < -0.39 is 10.0 Å². The maximum absolute atomic E-state index is 13.5. The van der Waals surface area contributed by atoms with E-state index in [0.717, 1.165) is 5.56 Å². The van der Waals surface area contributed by atoms with Crippen molar-refractivity contribution in [1.82, 2.24) is 0 Å². The van der Waals surface area contributed by atoms with Gasteiger partial charge in [-0.05, 0) is 30.3 Å². The predicted octanol–water partition coefficient (Wildman–Crippen LogP) is 3.02. The van der Waals surface area contributed by atoms with Crippen molar-refractivity contribution < 1.29 is 22.7 Å². The van der Waals surface area contributed by atoms with E-state index >= 15 is 0 Å². The van der Waals surface area contributed by atoms with Crippen LogP contribution in [0, 0.1) is 0 Å². The Morgan fingerprint density at radius 1 is 0.806 bits per heavy atom. The highest BCUT2D eigenvalue weighted by molar-refractivity contribution is 7.89. The van der Waals surface area contributed by atoms with Gasteiger partial charge in [-0.1, -0.05) is 42.5 Å². The Labute approximate surface area is 178 Å². The number of allylic oxidation sites excluding steroid dienone is 2. The molecule has 3 aromatic carbocycles. The molecule has 0 aromatic heterocycles. The molecule has 0 radical (unpaired) electrons. The second-order valence-electron chi connectivity index (χ2n) is 7.22. The molecular weight excluding hydrogens is 416 g/mol. The van der Waals surface area contributed by atoms with E-state index in [2.05, 4.69) is 0 Å². The Bertz CT molecular complexity index is 1390. The van der Waals surface area contributed by atoms with Crippen molar-refractivity contribution in [2.75, 3.05) is 4.90 Å². The second kappa shape index (κ2) is 6.90. The van der Waals surface area contributed by atoms with Crippen LogP contribution >= 0.6 is 0 Å². The molecule has 5 rings (SSSR count). The Morgan fingerprint density at radius 3 is 2.10 bits per heavy atom. The Kier molecular flexibility index (Phi) is 4.28. The topological polar surface area (TPSA) is 107 Å². The second-order valence-corrected chi connectivity index (χ2v) is 8.78. The molecule has 8 heteroatoms. The lowest BCUT2D eigenvalue weighted by atomic mass is 9.90. The van der Waals surface area contributed by atoms with Gasteiger partial charge in [-0.25, -0.2) is 13.6 Å². The largest absolute Gasteiger partial charge is 0.450 e. The van der Waals surface area contributed by atoms with Gasteiger partial charge < -0.3 is 9.64 Å². The van der Waals surface area contributed by atoms with Crippen molar-refractivity contribution in [1.29, 1.82) is 0 Å². The quantitative estimate of drug-likeness (QED) is 0.667. The number of Topliss-reactive ketones (excluding diaryl/α,β-unsaturated/α-hetero) is 2. The van der Waals surface area contributed by atoms with Crippen LogP contribution in [-0.2, 0) is 16.6 Å². The Hall–Kier alpha value is -3.75. The van der Waals surface area contributed by atoms with Crippen LogP contribution in [0.4, 0.5) is 5.69 Å². The molecule has 0 unspecified atom stereocenters. The minimum atomic E-state index is -3.87. The number of rotatable bonds is 2. The summed E-state index contributed by atoms with van der Waals surface area (Å²) in [7, 11) is -3.87. The summed E-state index contributed by atoms with van der Waals surface area (Å²) in [6.07, 6.45) is 0. The third-order valence-electron chi connectivity index (χ3n) is 5.31. The zero-order valence-electron chi connectivity index (χ0n) is 16.1. The van der Waals surface area contributed by atoms with E-state index in [0.29, 0.717) is 17.0 Å². The first-order chi connectivity index (χ1) is 14.8. The van der Waals surface area contributed by atoms with Crippen LogP contribution in [0.25, 0.3) is 0 Å². The molecule has 1 heterocycles. The minimum Gasteiger partial charge on any atom is -0.450 e. The molecule has 31 heavy (non-hydrogen) atoms. The highest BCUT2D eigenvalue weighted by Gasteiger charge is 2.39. The number of anilines is 1. The van der Waals surface area contributed by atoms with Gasteiger partial charge in [0.25, 0.3) is 0 Å². The molecule has 1 aliphatic heterocycles. The lowest BCUT2D eigenvalue weighted by molar-refractivity contribution is 0.0936. The number of primary sulfonamides is 1. The van der Waals surface area contributed by atoms with E-state index in [1.165, 1.54) is 12.1 Å². The third kappa shape index (κ3) is 3.13. The Morgan fingerprint density at radius 2 is 1.42 bits per heavy atom. The Balaban J connectivity index is 1.72. The zero-order valence-corrected chi connectivity index (χ0v) is 16.9. The molecule has 1 aliphatic carbocycles. The number of fused-ring (bicyclic) bond motifs is 2. The minimum absolute atomic E-state index is 0.0479. The van der Waals surface area contributed by atoms with Crippen LogP contribution in [0.2, 0.25) is 0 Å². The van der Waals surface area contributed by atoms with E-state index in [9.17, 15) is 18.0 Å². The maximum Gasteiger partial charge on any atom is 0.238 e. The highest BCUT2D eigenvalue weighted by Crippen LogP contribution is 2.38. The summed E-state index contributed by atoms with van der Waals surface area (Å²) in [6, 6.07) is 19.7. The molecule has 7 nitrogen and oxygen atoms in total. The molecule has 0 fully saturated rings. The summed E-state index contributed by atoms with van der Waals surface area (Å²) in [5.41, 5.74) is 2.00. The van der Waals surface area contributed by atoms with Crippen molar-refractivity contribution in [2.24, 2.45) is 5.14 Å². The van der Waals surface area contributed by atoms with Crippen LogP contribution in [0.1, 0.15) is 26.3 Å². The highest BCUT2D eigenvalue weighted by atomic mass is 32.2. The van der Waals surface area contributed by atoms with Crippen molar-refractivity contribution in [3.63, 3.8) is 0 Å². The van der Waals surface area contributed by atoms with E-state index in [1.807, 2.05) is 12.1 Å². The molecule has 2 N–H and O–H groups in total. The SMILES string of the molecule is NS(=O)(=O)c1ccc(N2Cc3ccccc3OC3=C2C(=O)c2ccccc2C3=O)cc1. The van der Waals surface area contributed by atoms with Crippen LogP contribution in [0.15, 0.2) is 89.1 Å². The normalized spacial score (nSPS) is 15.6. The fourth-order valence-electron chi connectivity index (χ4n) is 3.81. The molecule has 0 bridgehead atoms. The van der Waals surface area contributed by atoms with Crippen LogP contribution in [0.3, 0.4) is 0 Å². The average Bonchev–Trinajstić information content (AvgIpc) is 2.94. The number of hydrogen-bond donors (Lipinski definition) is 1. The number of ketones is 2. The molecule has 2 aliphatic rings. The number of nitrogens with zero attached hydrogens (tertiary/aromatic N) is 1. The molecule has 0 saturated heterocycles. The number of benzene rings is 3. The monoisotopic (exact) mass is 432 g/mol. The van der Waals surface area contributed by atoms with Gasteiger partial charge in [0.15, 0.2) is 0 Å². The van der Waals surface area contributed by atoms with Crippen molar-refractivity contribution in [3.8, 4) is 5.75 Å². The van der Waals surface area contributed by atoms with Crippen LogP contribution < -0.4 is 14.8 Å². The molecule has 0 amide bonds. The van der Waals surface area contributed by atoms with Crippen molar-refractivity contribution in [3.05, 3.63) is 101 Å². The first-order valence-electron chi connectivity index (χ1n) is 9.43. The first-order valence-corrected chi connectivity index (χ1v) is 11.0. The molecule has 3 aromatic rings. The van der Waals surface area contributed by atoms with Crippen LogP contribution in [-0.4, -0.2) is 20.0 Å². The molecule has 0 atom stereocenters. The smallest absolute Gasteiger partial charge is 0.238 e. The van der Waals surface area contributed by atoms with Gasteiger partial charge in [-0.3, -0.25) is 9.59 Å². The van der Waals surface area contributed by atoms with Gasteiger partial charge in [0.2, 0.25) is 27.3 Å². The van der Waals surface area contributed by atoms with Gasteiger partial charge in [-0.15, -0.1) is 0 Å². The maximum atomic E-state index is 13.5. The zero-order chi connectivity index (χ0) is 21.8. The van der Waals surface area contributed by atoms with Gasteiger partial charge in [0, 0.05) is 22.4 Å². The fraction of sp³-hybridized carbons (Fsp3) is 0.0435. The van der Waals surface area contributed by atoms with E-state index in [-0.39, 0.29) is 40.0 Å². The van der Waals surface area contributed by atoms with E-state index in [1.54, 1.807) is 53.4 Å². The summed E-state index contributed by atoms with van der Waals surface area (Å²) in [5, 5.41) is 5.20. The van der Waals surface area contributed by atoms with Gasteiger partial charge in [0.05, 0.1) is 11.4 Å². The fourth-order valence-corrected chi connectivity index (χ4v) is 4.32. The first kappa shape index (κ1) is 19.2. The summed E-state index contributed by atoms with van der Waals surface area (Å²) >= 11 is 0. The number of nitrogens with two attached hydrogens (primary N) is 1. The lowest BCUT2D eigenvalue weighted by Gasteiger charge is -2.28. The lowest BCUT2D eigenvalue weighted by Crippen LogP contribution is -2.34. The summed E-state index contributed by atoms with van der Waals surface area (Å²) < 4.78 is 29.3. The van der Waals surface area contributed by atoms with Gasteiger partial charge in [0.1, 0.15) is 11.4 Å². The molecule has 0 saturated carbocycles. The molecular formula is C23H16N2O5S. The average molecular weight is 432 g/mol. The molecule has 154 valence electrons. The number of carbonyl (C=O) groups is 2. The number of ether oxygens (including phenoxy) is 1. The van der Waals surface area contributed by atoms with Crippen LogP contribution in [0.5, 0.6) is 5.75 Å². The third-order valence-corrected chi connectivity index (χ3v) is 6.24. The summed E-state index contributed by atoms with van der Waals surface area (Å²) in [5.74, 6) is -0.287. The van der Waals surface area contributed by atoms with Crippen molar-refractivity contribution in [2.45, 2.75) is 11.4 Å². The standard InChI is InChI=1S/C23H16N2O5S/c24-31(28,29)16-11-9-15(10-12-16)25-13-14-5-1-4-8-19(14)30-23-20(25)21(26)17-6-2-3-7-18(17)22(23)27/h1-12H,13H2,(H2,24,28,29). The predicted molar refractivity (Wildman–Crippen MR) is 113 cm³/mol. The summed E-state index contributed by atoms with van der Waals surface area (Å²) in [4.78, 5) is 28.3. The summed E-state index contributed by atoms with van der Waals surface area (Å²) in [6.45, 7) is 0.255. The molecule has 0 spiro atoms. The van der Waals surface area contributed by atoms with Crippen molar-refractivity contribution >= 4 is 27.3 Å². The van der Waals surface area contributed by atoms with Gasteiger partial charge >= 0.3 is 0 Å². The van der Waals surface area contributed by atoms with E-state index in [4.69, 9.17) is 9.88 Å². The number of carbonyl (C=O) groups excluding carboxylic acids is 2.